The lowest BCUT2D eigenvalue weighted by atomic mass is 10.2. The van der Waals surface area contributed by atoms with E-state index in [0.29, 0.717) is 0 Å². The van der Waals surface area contributed by atoms with Gasteiger partial charge in [-0.1, -0.05) is 31.9 Å². The largest absolute Gasteiger partial charge is 0.378 e. The highest BCUT2D eigenvalue weighted by atomic mass is 16.5. The molecule has 11 heavy (non-hydrogen) atoms. The van der Waals surface area contributed by atoms with Crippen LogP contribution in [0.4, 0.5) is 0 Å². The van der Waals surface area contributed by atoms with E-state index in [2.05, 4.69) is 19.1 Å². The van der Waals surface area contributed by atoms with Crippen molar-refractivity contribution >= 4 is 0 Å². The van der Waals surface area contributed by atoms with Crippen molar-refractivity contribution in [3.05, 3.63) is 12.2 Å². The van der Waals surface area contributed by atoms with Gasteiger partial charge in [-0.2, -0.15) is 0 Å². The highest BCUT2D eigenvalue weighted by Gasteiger charge is 1.81. The second kappa shape index (κ2) is 9.70. The average molecular weight is 156 g/mol. The fraction of sp³-hybridized carbons (Fsp3) is 0.800. The Bertz CT molecular complexity index is 86.9. The molecule has 0 atom stereocenters. The molecule has 0 aromatic heterocycles. The highest BCUT2D eigenvalue weighted by molar-refractivity contribution is 4.80. The van der Waals surface area contributed by atoms with Crippen LogP contribution in [0.15, 0.2) is 12.2 Å². The van der Waals surface area contributed by atoms with E-state index in [0.717, 1.165) is 13.2 Å². The SMILES string of the molecule is CCCCC/C=C/COCC. The summed E-state index contributed by atoms with van der Waals surface area (Å²) in [6.45, 7) is 5.84. The molecule has 0 radical (unpaired) electrons. The van der Waals surface area contributed by atoms with E-state index >= 15 is 0 Å². The molecular formula is C10H20O. The highest BCUT2D eigenvalue weighted by Crippen LogP contribution is 1.99. The van der Waals surface area contributed by atoms with Crippen molar-refractivity contribution in [2.75, 3.05) is 13.2 Å². The number of allylic oxidation sites excluding steroid dienone is 1. The minimum atomic E-state index is 0.780. The fourth-order valence-electron chi connectivity index (χ4n) is 0.884. The number of unbranched alkanes of at least 4 members (excludes halogenated alkanes) is 3. The summed E-state index contributed by atoms with van der Waals surface area (Å²) in [6, 6.07) is 0. The van der Waals surface area contributed by atoms with Gasteiger partial charge in [-0.25, -0.2) is 0 Å². The standard InChI is InChI=1S/C10H20O/c1-3-5-6-7-8-9-10-11-4-2/h8-9H,3-7,10H2,1-2H3/b9-8+. The van der Waals surface area contributed by atoms with E-state index < -0.39 is 0 Å². The van der Waals surface area contributed by atoms with Crippen molar-refractivity contribution in [3.8, 4) is 0 Å². The first-order valence-corrected chi connectivity index (χ1v) is 4.64. The Morgan fingerprint density at radius 1 is 1.09 bits per heavy atom. The Kier molecular flexibility index (Phi) is 9.44. The summed E-state index contributed by atoms with van der Waals surface area (Å²) in [4.78, 5) is 0. The van der Waals surface area contributed by atoms with Gasteiger partial charge in [0, 0.05) is 6.61 Å². The number of ether oxygens (including phenoxy) is 1. The molecule has 66 valence electrons. The topological polar surface area (TPSA) is 9.23 Å². The minimum Gasteiger partial charge on any atom is -0.378 e. The first kappa shape index (κ1) is 10.7. The number of hydrogen-bond donors (Lipinski definition) is 0. The summed E-state index contributed by atoms with van der Waals surface area (Å²) in [7, 11) is 0. The van der Waals surface area contributed by atoms with Crippen molar-refractivity contribution in [2.45, 2.75) is 39.5 Å². The summed E-state index contributed by atoms with van der Waals surface area (Å²) in [6.07, 6.45) is 9.50. The molecule has 1 nitrogen and oxygen atoms in total. The summed E-state index contributed by atoms with van der Waals surface area (Å²) < 4.78 is 5.15. The van der Waals surface area contributed by atoms with Crippen LogP contribution >= 0.6 is 0 Å². The van der Waals surface area contributed by atoms with Crippen LogP contribution in [0, 0.1) is 0 Å². The van der Waals surface area contributed by atoms with Crippen LogP contribution in [0.25, 0.3) is 0 Å². The van der Waals surface area contributed by atoms with Gasteiger partial charge in [-0.15, -0.1) is 0 Å². The third-order valence-corrected chi connectivity index (χ3v) is 1.56. The predicted molar refractivity (Wildman–Crippen MR) is 49.8 cm³/mol. The normalized spacial score (nSPS) is 11.1. The van der Waals surface area contributed by atoms with Crippen LogP contribution in [0.3, 0.4) is 0 Å². The molecule has 0 aliphatic heterocycles. The summed E-state index contributed by atoms with van der Waals surface area (Å²) >= 11 is 0. The van der Waals surface area contributed by atoms with Crippen molar-refractivity contribution in [1.29, 1.82) is 0 Å². The van der Waals surface area contributed by atoms with Gasteiger partial charge in [0.25, 0.3) is 0 Å². The molecule has 1 heteroatoms. The zero-order valence-electron chi connectivity index (χ0n) is 7.81. The lowest BCUT2D eigenvalue weighted by Gasteiger charge is -1.93. The predicted octanol–water partition coefficient (Wildman–Crippen LogP) is 3.16. The molecule has 0 saturated heterocycles. The first-order valence-electron chi connectivity index (χ1n) is 4.64. The van der Waals surface area contributed by atoms with Crippen molar-refractivity contribution in [1.82, 2.24) is 0 Å². The Labute approximate surface area is 70.4 Å². The number of hydrogen-bond acceptors (Lipinski definition) is 1. The van der Waals surface area contributed by atoms with E-state index in [4.69, 9.17) is 4.74 Å². The second-order valence-electron chi connectivity index (χ2n) is 2.63. The fourth-order valence-corrected chi connectivity index (χ4v) is 0.884. The molecule has 0 spiro atoms. The van der Waals surface area contributed by atoms with Crippen molar-refractivity contribution in [2.24, 2.45) is 0 Å². The lowest BCUT2D eigenvalue weighted by Crippen LogP contribution is -1.87. The van der Waals surface area contributed by atoms with Gasteiger partial charge in [-0.05, 0) is 19.8 Å². The van der Waals surface area contributed by atoms with Crippen molar-refractivity contribution in [3.63, 3.8) is 0 Å². The molecule has 0 aliphatic rings. The molecule has 0 saturated carbocycles. The third-order valence-electron chi connectivity index (χ3n) is 1.56. The third kappa shape index (κ3) is 9.70. The molecule has 0 bridgehead atoms. The van der Waals surface area contributed by atoms with E-state index in [9.17, 15) is 0 Å². The summed E-state index contributed by atoms with van der Waals surface area (Å²) in [5.41, 5.74) is 0. The smallest absolute Gasteiger partial charge is 0.0647 e. The van der Waals surface area contributed by atoms with Gasteiger partial charge < -0.3 is 4.74 Å². The quantitative estimate of drug-likeness (QED) is 0.406. The maximum Gasteiger partial charge on any atom is 0.0647 e. The van der Waals surface area contributed by atoms with E-state index in [-0.39, 0.29) is 0 Å². The maximum absolute atomic E-state index is 5.15. The van der Waals surface area contributed by atoms with Crippen LogP contribution in [0.5, 0.6) is 0 Å². The molecule has 0 N–H and O–H groups in total. The molecule has 0 amide bonds. The van der Waals surface area contributed by atoms with Gasteiger partial charge >= 0.3 is 0 Å². The number of rotatable bonds is 7. The van der Waals surface area contributed by atoms with E-state index in [1.54, 1.807) is 0 Å². The Morgan fingerprint density at radius 2 is 1.91 bits per heavy atom. The van der Waals surface area contributed by atoms with Gasteiger partial charge in [0.15, 0.2) is 0 Å². The monoisotopic (exact) mass is 156 g/mol. The van der Waals surface area contributed by atoms with Gasteiger partial charge in [0.1, 0.15) is 0 Å². The molecule has 0 aliphatic carbocycles. The van der Waals surface area contributed by atoms with Gasteiger partial charge in [-0.3, -0.25) is 0 Å². The van der Waals surface area contributed by atoms with Crippen LogP contribution in [-0.2, 0) is 4.74 Å². The van der Waals surface area contributed by atoms with Gasteiger partial charge in [0.05, 0.1) is 6.61 Å². The molecular weight excluding hydrogens is 136 g/mol. The molecule has 0 unspecified atom stereocenters. The van der Waals surface area contributed by atoms with E-state index in [1.807, 2.05) is 6.92 Å². The molecule has 0 heterocycles. The molecule has 0 fully saturated rings. The molecule has 0 aromatic carbocycles. The van der Waals surface area contributed by atoms with Crippen LogP contribution in [-0.4, -0.2) is 13.2 Å². The lowest BCUT2D eigenvalue weighted by molar-refractivity contribution is 0.177. The average Bonchev–Trinajstić information content (AvgIpc) is 2.03. The maximum atomic E-state index is 5.15. The van der Waals surface area contributed by atoms with Crippen LogP contribution < -0.4 is 0 Å². The Hall–Kier alpha value is -0.300. The summed E-state index contributed by atoms with van der Waals surface area (Å²) in [5, 5.41) is 0. The second-order valence-corrected chi connectivity index (χ2v) is 2.63. The van der Waals surface area contributed by atoms with E-state index in [1.165, 1.54) is 25.7 Å². The van der Waals surface area contributed by atoms with Crippen LogP contribution in [0.2, 0.25) is 0 Å². The molecule has 0 rings (SSSR count). The molecule has 0 aromatic rings. The Morgan fingerprint density at radius 3 is 2.55 bits per heavy atom. The Balaban J connectivity index is 2.91. The van der Waals surface area contributed by atoms with Crippen LogP contribution in [0.1, 0.15) is 39.5 Å². The van der Waals surface area contributed by atoms with Gasteiger partial charge in [0.2, 0.25) is 0 Å². The minimum absolute atomic E-state index is 0.780. The zero-order chi connectivity index (χ0) is 8.36. The summed E-state index contributed by atoms with van der Waals surface area (Å²) in [5.74, 6) is 0. The zero-order valence-corrected chi connectivity index (χ0v) is 7.81. The van der Waals surface area contributed by atoms with Crippen molar-refractivity contribution < 1.29 is 4.74 Å². The first-order chi connectivity index (χ1) is 5.41.